The third-order valence-corrected chi connectivity index (χ3v) is 3.15. The van der Waals surface area contributed by atoms with Crippen LogP contribution in [0.4, 0.5) is 4.39 Å². The number of pyridine rings is 1. The summed E-state index contributed by atoms with van der Waals surface area (Å²) >= 11 is 0. The molecule has 0 unspecified atom stereocenters. The Hall–Kier alpha value is -1.16. The summed E-state index contributed by atoms with van der Waals surface area (Å²) < 4.78 is 17.9. The summed E-state index contributed by atoms with van der Waals surface area (Å²) in [5.41, 5.74) is 0. The van der Waals surface area contributed by atoms with Crippen molar-refractivity contribution in [3.8, 4) is 5.75 Å². The van der Waals surface area contributed by atoms with Crippen molar-refractivity contribution < 1.29 is 9.13 Å². The molecule has 94 valence electrons. The van der Waals surface area contributed by atoms with Crippen molar-refractivity contribution in [2.24, 2.45) is 0 Å². The molecule has 1 aromatic rings. The second-order valence-corrected chi connectivity index (χ2v) is 4.37. The molecule has 3 nitrogen and oxygen atoms in total. The molecule has 0 saturated carbocycles. The molecule has 0 aliphatic carbocycles. The van der Waals surface area contributed by atoms with E-state index in [0.717, 1.165) is 25.3 Å². The van der Waals surface area contributed by atoms with Crippen molar-refractivity contribution in [1.82, 2.24) is 9.88 Å². The van der Waals surface area contributed by atoms with E-state index < -0.39 is 0 Å². The highest BCUT2D eigenvalue weighted by molar-refractivity contribution is 5.15. The van der Waals surface area contributed by atoms with E-state index in [1.165, 1.54) is 6.42 Å². The minimum atomic E-state index is -0.229. The van der Waals surface area contributed by atoms with Gasteiger partial charge in [0.25, 0.3) is 0 Å². The smallest absolute Gasteiger partial charge is 0.137 e. The third kappa shape index (κ3) is 3.66. The molecule has 1 saturated heterocycles. The second kappa shape index (κ2) is 6.55. The van der Waals surface area contributed by atoms with Crippen LogP contribution in [0.5, 0.6) is 5.75 Å². The van der Waals surface area contributed by atoms with Crippen LogP contribution in [0.25, 0.3) is 0 Å². The van der Waals surface area contributed by atoms with Crippen molar-refractivity contribution in [2.45, 2.75) is 25.3 Å². The van der Waals surface area contributed by atoms with Gasteiger partial charge in [0.15, 0.2) is 0 Å². The van der Waals surface area contributed by atoms with Crippen molar-refractivity contribution in [2.75, 3.05) is 26.4 Å². The van der Waals surface area contributed by atoms with E-state index >= 15 is 0 Å². The van der Waals surface area contributed by atoms with Crippen LogP contribution < -0.4 is 4.74 Å². The summed E-state index contributed by atoms with van der Waals surface area (Å²) in [7, 11) is 0. The Balaban J connectivity index is 1.78. The van der Waals surface area contributed by atoms with Gasteiger partial charge >= 0.3 is 0 Å². The maximum Gasteiger partial charge on any atom is 0.137 e. The quantitative estimate of drug-likeness (QED) is 0.759. The lowest BCUT2D eigenvalue weighted by molar-refractivity contribution is 0.168. The van der Waals surface area contributed by atoms with Gasteiger partial charge in [0, 0.05) is 18.8 Å². The maximum atomic E-state index is 12.2. The number of nitrogens with zero attached hydrogens (tertiary/aromatic N) is 2. The standard InChI is InChI=1S/C13H19FN2O/c14-6-3-9-16-8-2-4-12(16)11-17-13-5-1-7-15-10-13/h1,5,7,10,12H,2-4,6,8-9,11H2/t12-/m0/s1/i14-1. The van der Waals surface area contributed by atoms with Gasteiger partial charge in [0.1, 0.15) is 12.4 Å². The molecular weight excluding hydrogens is 218 g/mol. The topological polar surface area (TPSA) is 25.4 Å². The van der Waals surface area contributed by atoms with Crippen LogP contribution in [-0.2, 0) is 0 Å². The molecule has 1 aromatic heterocycles. The summed E-state index contributed by atoms with van der Waals surface area (Å²) in [6, 6.07) is 4.21. The van der Waals surface area contributed by atoms with E-state index in [1.807, 2.05) is 12.1 Å². The Kier molecular flexibility index (Phi) is 4.74. The molecule has 0 amide bonds. The van der Waals surface area contributed by atoms with Crippen LogP contribution >= 0.6 is 0 Å². The molecule has 2 rings (SSSR count). The molecule has 1 fully saturated rings. The minimum absolute atomic E-state index is 0.229. The van der Waals surface area contributed by atoms with Crippen LogP contribution in [0.1, 0.15) is 19.3 Å². The van der Waals surface area contributed by atoms with Crippen LogP contribution in [-0.4, -0.2) is 42.3 Å². The molecule has 2 heterocycles. The molecule has 0 spiro atoms. The highest BCUT2D eigenvalue weighted by Gasteiger charge is 2.24. The summed E-state index contributed by atoms with van der Waals surface area (Å²) in [6.45, 7) is 2.36. The first-order valence-electron chi connectivity index (χ1n) is 6.23. The molecule has 0 aromatic carbocycles. The monoisotopic (exact) mass is 237 g/mol. The number of hydrogen-bond donors (Lipinski definition) is 0. The summed E-state index contributed by atoms with van der Waals surface area (Å²) in [5, 5.41) is 0. The minimum Gasteiger partial charge on any atom is -0.490 e. The van der Waals surface area contributed by atoms with Crippen molar-refractivity contribution in [3.05, 3.63) is 24.5 Å². The zero-order valence-corrected chi connectivity index (χ0v) is 10.0. The first kappa shape index (κ1) is 12.3. The van der Waals surface area contributed by atoms with Crippen LogP contribution in [0.15, 0.2) is 24.5 Å². The molecule has 1 aliphatic heterocycles. The number of ether oxygens (including phenoxy) is 1. The van der Waals surface area contributed by atoms with E-state index in [0.29, 0.717) is 19.1 Å². The SMILES string of the molecule is [18F]CCCN1CCC[C@H]1COc1cccnc1. The third-order valence-electron chi connectivity index (χ3n) is 3.15. The molecular formula is C13H19FN2O. The Morgan fingerprint density at radius 1 is 1.53 bits per heavy atom. The van der Waals surface area contributed by atoms with Gasteiger partial charge in [-0.3, -0.25) is 14.3 Å². The fourth-order valence-corrected chi connectivity index (χ4v) is 2.27. The number of alkyl halides is 1. The van der Waals surface area contributed by atoms with Gasteiger partial charge < -0.3 is 4.74 Å². The number of halogens is 1. The van der Waals surface area contributed by atoms with E-state index in [4.69, 9.17) is 4.74 Å². The fraction of sp³-hybridized carbons (Fsp3) is 0.615. The average molecular weight is 237 g/mol. The zero-order valence-electron chi connectivity index (χ0n) is 10.0. The average Bonchev–Trinajstić information content (AvgIpc) is 2.82. The first-order valence-corrected chi connectivity index (χ1v) is 6.23. The molecule has 0 bridgehead atoms. The maximum absolute atomic E-state index is 12.2. The van der Waals surface area contributed by atoms with Gasteiger partial charge in [0.2, 0.25) is 0 Å². The molecule has 1 atom stereocenters. The normalized spacial score (nSPS) is 20.6. The second-order valence-electron chi connectivity index (χ2n) is 4.37. The van der Waals surface area contributed by atoms with Crippen molar-refractivity contribution in [1.29, 1.82) is 0 Å². The van der Waals surface area contributed by atoms with Crippen LogP contribution in [0, 0.1) is 0 Å². The lowest BCUT2D eigenvalue weighted by atomic mass is 10.2. The Morgan fingerprint density at radius 3 is 3.24 bits per heavy atom. The van der Waals surface area contributed by atoms with E-state index in [-0.39, 0.29) is 6.67 Å². The molecule has 17 heavy (non-hydrogen) atoms. The zero-order chi connectivity index (χ0) is 11.9. The predicted octanol–water partition coefficient (Wildman–Crippen LogP) is 2.28. The Morgan fingerprint density at radius 2 is 2.47 bits per heavy atom. The molecule has 4 heteroatoms. The molecule has 0 radical (unpaired) electrons. The Bertz CT molecular complexity index is 320. The number of likely N-dealkylation sites (tertiary alicyclic amines) is 1. The highest BCUT2D eigenvalue weighted by atomic mass is 18.2. The van der Waals surface area contributed by atoms with Crippen molar-refractivity contribution in [3.63, 3.8) is 0 Å². The molecule has 0 N–H and O–H groups in total. The van der Waals surface area contributed by atoms with E-state index in [2.05, 4.69) is 9.88 Å². The van der Waals surface area contributed by atoms with Crippen molar-refractivity contribution >= 4 is 0 Å². The molecule has 1 aliphatic rings. The Labute approximate surface area is 102 Å². The van der Waals surface area contributed by atoms with Crippen LogP contribution in [0.2, 0.25) is 0 Å². The van der Waals surface area contributed by atoms with Crippen LogP contribution in [0.3, 0.4) is 0 Å². The largest absolute Gasteiger partial charge is 0.490 e. The van der Waals surface area contributed by atoms with Gasteiger partial charge in [-0.25, -0.2) is 0 Å². The van der Waals surface area contributed by atoms with Gasteiger partial charge in [-0.1, -0.05) is 0 Å². The highest BCUT2D eigenvalue weighted by Crippen LogP contribution is 2.18. The number of rotatable bonds is 6. The summed E-state index contributed by atoms with van der Waals surface area (Å²) in [5.74, 6) is 0.810. The number of hydrogen-bond acceptors (Lipinski definition) is 3. The van der Waals surface area contributed by atoms with Gasteiger partial charge in [-0.05, 0) is 37.9 Å². The van der Waals surface area contributed by atoms with Gasteiger partial charge in [0.05, 0.1) is 12.9 Å². The fourth-order valence-electron chi connectivity index (χ4n) is 2.27. The van der Waals surface area contributed by atoms with E-state index in [1.54, 1.807) is 12.4 Å². The van der Waals surface area contributed by atoms with Gasteiger partial charge in [-0.2, -0.15) is 0 Å². The lowest BCUT2D eigenvalue weighted by Crippen LogP contribution is -2.35. The van der Waals surface area contributed by atoms with Gasteiger partial charge in [-0.15, -0.1) is 0 Å². The number of aromatic nitrogens is 1. The summed E-state index contributed by atoms with van der Waals surface area (Å²) in [6.07, 6.45) is 6.42. The van der Waals surface area contributed by atoms with E-state index in [9.17, 15) is 4.39 Å². The lowest BCUT2D eigenvalue weighted by Gasteiger charge is -2.23. The summed E-state index contributed by atoms with van der Waals surface area (Å²) in [4.78, 5) is 6.34. The predicted molar refractivity (Wildman–Crippen MR) is 64.9 cm³/mol. The first-order chi connectivity index (χ1) is 8.40.